The zero-order valence-electron chi connectivity index (χ0n) is 11.8. The van der Waals surface area contributed by atoms with Crippen LogP contribution in [0.1, 0.15) is 29.7 Å². The molecule has 2 aromatic carbocycles. The molecule has 0 heterocycles. The van der Waals surface area contributed by atoms with Crippen LogP contribution in [0.3, 0.4) is 0 Å². The second kappa shape index (κ2) is 7.00. The first-order chi connectivity index (χ1) is 9.60. The van der Waals surface area contributed by atoms with E-state index >= 15 is 0 Å². The largest absolute Gasteiger partial charge is 0.310 e. The molecule has 2 aromatic rings. The van der Waals surface area contributed by atoms with E-state index in [0.717, 1.165) is 23.0 Å². The second-order valence-electron chi connectivity index (χ2n) is 4.95. The van der Waals surface area contributed by atoms with Crippen LogP contribution in [-0.2, 0) is 6.42 Å². The van der Waals surface area contributed by atoms with E-state index in [1.807, 2.05) is 12.1 Å². The molecule has 0 amide bonds. The smallest absolute Gasteiger partial charge is 0.123 e. The average Bonchev–Trinajstić information content (AvgIpc) is 2.44. The third-order valence-electron chi connectivity index (χ3n) is 3.39. The van der Waals surface area contributed by atoms with Gasteiger partial charge in [-0.3, -0.25) is 0 Å². The summed E-state index contributed by atoms with van der Waals surface area (Å²) in [7, 11) is 0. The number of likely N-dealkylation sites (N-methyl/N-ethyl adjacent to an activating group) is 1. The fraction of sp³-hybridized carbons (Fsp3) is 0.294. The number of rotatable bonds is 5. The molecule has 0 aliphatic carbocycles. The summed E-state index contributed by atoms with van der Waals surface area (Å²) < 4.78 is 14.1. The molecule has 1 N–H and O–H groups in total. The van der Waals surface area contributed by atoms with Crippen LogP contribution in [0.4, 0.5) is 4.39 Å². The van der Waals surface area contributed by atoms with E-state index in [2.05, 4.69) is 53.3 Å². The minimum absolute atomic E-state index is 0.187. The Morgan fingerprint density at radius 2 is 1.85 bits per heavy atom. The Balaban J connectivity index is 2.21. The Morgan fingerprint density at radius 1 is 1.15 bits per heavy atom. The minimum atomic E-state index is -0.187. The van der Waals surface area contributed by atoms with Crippen molar-refractivity contribution in [2.75, 3.05) is 6.54 Å². The number of halogens is 2. The molecule has 1 atom stereocenters. The van der Waals surface area contributed by atoms with Gasteiger partial charge >= 0.3 is 0 Å². The van der Waals surface area contributed by atoms with E-state index < -0.39 is 0 Å². The van der Waals surface area contributed by atoms with Gasteiger partial charge in [0.1, 0.15) is 5.82 Å². The Morgan fingerprint density at radius 3 is 2.45 bits per heavy atom. The molecular weight excluding hydrogens is 317 g/mol. The number of benzene rings is 2. The maximum absolute atomic E-state index is 13.0. The summed E-state index contributed by atoms with van der Waals surface area (Å²) in [6.45, 7) is 5.10. The average molecular weight is 336 g/mol. The highest BCUT2D eigenvalue weighted by Crippen LogP contribution is 2.24. The van der Waals surface area contributed by atoms with E-state index in [4.69, 9.17) is 0 Å². The highest BCUT2D eigenvalue weighted by molar-refractivity contribution is 9.10. The molecule has 0 aromatic heterocycles. The zero-order valence-corrected chi connectivity index (χ0v) is 13.4. The predicted molar refractivity (Wildman–Crippen MR) is 85.4 cm³/mol. The molecular formula is C17H19BrFN. The third kappa shape index (κ3) is 3.90. The van der Waals surface area contributed by atoms with Gasteiger partial charge < -0.3 is 5.32 Å². The van der Waals surface area contributed by atoms with Crippen LogP contribution in [0.2, 0.25) is 0 Å². The van der Waals surface area contributed by atoms with Crippen molar-refractivity contribution in [2.24, 2.45) is 0 Å². The van der Waals surface area contributed by atoms with Gasteiger partial charge in [0, 0.05) is 10.5 Å². The van der Waals surface area contributed by atoms with Crippen LogP contribution in [0.5, 0.6) is 0 Å². The summed E-state index contributed by atoms with van der Waals surface area (Å²) in [5.74, 6) is -0.187. The summed E-state index contributed by atoms with van der Waals surface area (Å²) in [5, 5.41) is 3.50. The van der Waals surface area contributed by atoms with E-state index in [9.17, 15) is 4.39 Å². The Hall–Kier alpha value is -1.19. The summed E-state index contributed by atoms with van der Waals surface area (Å²) >= 11 is 3.53. The molecule has 3 heteroatoms. The van der Waals surface area contributed by atoms with Gasteiger partial charge in [0.05, 0.1) is 0 Å². The molecule has 0 saturated heterocycles. The molecule has 0 saturated carbocycles. The quantitative estimate of drug-likeness (QED) is 0.828. The Kier molecular flexibility index (Phi) is 5.32. The van der Waals surface area contributed by atoms with Gasteiger partial charge in [-0.05, 0) is 54.8 Å². The maximum atomic E-state index is 13.0. The molecule has 1 nitrogen and oxygen atoms in total. The molecule has 20 heavy (non-hydrogen) atoms. The van der Waals surface area contributed by atoms with Crippen LogP contribution < -0.4 is 5.32 Å². The van der Waals surface area contributed by atoms with Crippen molar-refractivity contribution in [3.8, 4) is 0 Å². The summed E-state index contributed by atoms with van der Waals surface area (Å²) in [5.41, 5.74) is 3.62. The molecule has 0 aliphatic rings. The SMILES string of the molecule is CCNC(Cc1ccc(F)cc1)c1ccc(Br)c(C)c1. The normalized spacial score (nSPS) is 12.4. The highest BCUT2D eigenvalue weighted by Gasteiger charge is 2.12. The lowest BCUT2D eigenvalue weighted by Gasteiger charge is -2.19. The monoisotopic (exact) mass is 335 g/mol. The van der Waals surface area contributed by atoms with Crippen molar-refractivity contribution in [1.29, 1.82) is 0 Å². The van der Waals surface area contributed by atoms with Crippen LogP contribution >= 0.6 is 15.9 Å². The van der Waals surface area contributed by atoms with Gasteiger partial charge in [-0.25, -0.2) is 4.39 Å². The van der Waals surface area contributed by atoms with Gasteiger partial charge in [-0.15, -0.1) is 0 Å². The van der Waals surface area contributed by atoms with Gasteiger partial charge in [0.15, 0.2) is 0 Å². The topological polar surface area (TPSA) is 12.0 Å². The summed E-state index contributed by atoms with van der Waals surface area (Å²) in [6.07, 6.45) is 0.856. The van der Waals surface area contributed by atoms with Crippen LogP contribution in [-0.4, -0.2) is 6.54 Å². The number of hydrogen-bond acceptors (Lipinski definition) is 1. The van der Waals surface area contributed by atoms with Crippen LogP contribution in [0.25, 0.3) is 0 Å². The molecule has 2 rings (SSSR count). The number of nitrogens with one attached hydrogen (secondary N) is 1. The molecule has 0 fully saturated rings. The third-order valence-corrected chi connectivity index (χ3v) is 4.28. The zero-order chi connectivity index (χ0) is 14.5. The van der Waals surface area contributed by atoms with Crippen molar-refractivity contribution in [1.82, 2.24) is 5.32 Å². The van der Waals surface area contributed by atoms with Gasteiger partial charge in [-0.1, -0.05) is 47.1 Å². The fourth-order valence-electron chi connectivity index (χ4n) is 2.30. The van der Waals surface area contributed by atoms with Gasteiger partial charge in [0.2, 0.25) is 0 Å². The molecule has 0 spiro atoms. The summed E-state index contributed by atoms with van der Waals surface area (Å²) in [6, 6.07) is 13.4. The van der Waals surface area contributed by atoms with E-state index in [-0.39, 0.29) is 11.9 Å². The van der Waals surface area contributed by atoms with E-state index in [1.54, 1.807) is 0 Å². The minimum Gasteiger partial charge on any atom is -0.310 e. The lowest BCUT2D eigenvalue weighted by atomic mass is 9.97. The van der Waals surface area contributed by atoms with E-state index in [0.29, 0.717) is 0 Å². The van der Waals surface area contributed by atoms with Crippen LogP contribution in [0, 0.1) is 12.7 Å². The second-order valence-corrected chi connectivity index (χ2v) is 5.80. The van der Waals surface area contributed by atoms with Crippen molar-refractivity contribution in [3.05, 3.63) is 69.4 Å². The first-order valence-corrected chi connectivity index (χ1v) is 7.63. The fourth-order valence-corrected chi connectivity index (χ4v) is 2.54. The molecule has 0 radical (unpaired) electrons. The Labute approximate surface area is 128 Å². The number of hydrogen-bond donors (Lipinski definition) is 1. The Bertz CT molecular complexity index is 566. The first kappa shape index (κ1) is 15.2. The predicted octanol–water partition coefficient (Wildman–Crippen LogP) is 4.79. The van der Waals surface area contributed by atoms with Crippen molar-refractivity contribution in [2.45, 2.75) is 26.3 Å². The highest BCUT2D eigenvalue weighted by atomic mass is 79.9. The first-order valence-electron chi connectivity index (χ1n) is 6.84. The lowest BCUT2D eigenvalue weighted by molar-refractivity contribution is 0.548. The van der Waals surface area contributed by atoms with Gasteiger partial charge in [-0.2, -0.15) is 0 Å². The van der Waals surface area contributed by atoms with Crippen molar-refractivity contribution in [3.63, 3.8) is 0 Å². The van der Waals surface area contributed by atoms with Crippen molar-refractivity contribution < 1.29 is 4.39 Å². The van der Waals surface area contributed by atoms with Crippen LogP contribution in [0.15, 0.2) is 46.9 Å². The maximum Gasteiger partial charge on any atom is 0.123 e. The van der Waals surface area contributed by atoms with Gasteiger partial charge in [0.25, 0.3) is 0 Å². The van der Waals surface area contributed by atoms with E-state index in [1.165, 1.54) is 23.3 Å². The molecule has 1 unspecified atom stereocenters. The standard InChI is InChI=1S/C17H19BrFN/c1-3-20-17(11-13-4-7-15(19)8-5-13)14-6-9-16(18)12(2)10-14/h4-10,17,20H,3,11H2,1-2H3. The lowest BCUT2D eigenvalue weighted by Crippen LogP contribution is -2.23. The number of aryl methyl sites for hydroxylation is 1. The molecule has 0 bridgehead atoms. The van der Waals surface area contributed by atoms with Crippen molar-refractivity contribution >= 4 is 15.9 Å². The molecule has 0 aliphatic heterocycles. The summed E-state index contributed by atoms with van der Waals surface area (Å²) in [4.78, 5) is 0. The molecule has 106 valence electrons.